The first-order chi connectivity index (χ1) is 28.1. The van der Waals surface area contributed by atoms with E-state index in [2.05, 4.69) is 74.6 Å². The minimum atomic E-state index is -0.883. The van der Waals surface area contributed by atoms with Gasteiger partial charge < -0.3 is 23.8 Å². The van der Waals surface area contributed by atoms with Crippen molar-refractivity contribution in [3.8, 4) is 0 Å². The number of esters is 2. The second-order valence-corrected chi connectivity index (χ2v) is 16.6. The maximum absolute atomic E-state index is 12.7. The third-order valence-corrected chi connectivity index (χ3v) is 10.2. The van der Waals surface area contributed by atoms with Gasteiger partial charge in [0.05, 0.1) is 34.4 Å². The lowest BCUT2D eigenvalue weighted by Crippen LogP contribution is -2.50. The van der Waals surface area contributed by atoms with Crippen LogP contribution in [0.15, 0.2) is 60.8 Å². The van der Waals surface area contributed by atoms with Gasteiger partial charge >= 0.3 is 17.9 Å². The standard InChI is InChI=1S/C50H87NO7/c1-6-8-10-12-14-16-18-20-22-23-24-25-27-28-30-32-34-36-38-40-48(52)57-45-46(44-56-43-42-47(50(54)55)51(3,4)5)58-49(53)41-39-37-35-33-31-29-26-21-19-17-15-13-11-9-7-2/h9,11,15,17,20-22,26,31,33,46-47H,6-8,10,12-14,16,18-19,23-25,27-30,32,34-45H2,1-5H3/p+1/b11-9-,17-15-,22-20-,26-21-,33-31-. The lowest BCUT2D eigenvalue weighted by Gasteiger charge is -2.31. The third kappa shape index (κ3) is 38.5. The molecule has 0 saturated carbocycles. The van der Waals surface area contributed by atoms with Gasteiger partial charge in [0.2, 0.25) is 0 Å². The molecule has 0 heterocycles. The molecule has 334 valence electrons. The molecule has 0 spiro atoms. The summed E-state index contributed by atoms with van der Waals surface area (Å²) < 4.78 is 17.3. The van der Waals surface area contributed by atoms with E-state index in [0.717, 1.165) is 57.8 Å². The van der Waals surface area contributed by atoms with E-state index in [0.29, 0.717) is 19.3 Å². The van der Waals surface area contributed by atoms with Gasteiger partial charge in [0.25, 0.3) is 0 Å². The number of likely N-dealkylation sites (N-methyl/N-ethyl adjacent to an activating group) is 1. The predicted octanol–water partition coefficient (Wildman–Crippen LogP) is 13.0. The van der Waals surface area contributed by atoms with Crippen molar-refractivity contribution in [3.05, 3.63) is 60.8 Å². The largest absolute Gasteiger partial charge is 0.477 e. The van der Waals surface area contributed by atoms with Crippen LogP contribution in [0.3, 0.4) is 0 Å². The number of carboxylic acid groups (broad SMARTS) is 1. The summed E-state index contributed by atoms with van der Waals surface area (Å²) in [6, 6.07) is -0.624. The highest BCUT2D eigenvalue weighted by atomic mass is 16.6. The van der Waals surface area contributed by atoms with E-state index in [4.69, 9.17) is 14.2 Å². The quantitative estimate of drug-likeness (QED) is 0.0284. The fraction of sp³-hybridized carbons (Fsp3) is 0.740. The molecule has 0 aliphatic rings. The van der Waals surface area contributed by atoms with Crippen LogP contribution in [0.2, 0.25) is 0 Å². The van der Waals surface area contributed by atoms with Crippen LogP contribution < -0.4 is 0 Å². The molecular weight excluding hydrogens is 727 g/mol. The van der Waals surface area contributed by atoms with Gasteiger partial charge in [0.1, 0.15) is 6.61 Å². The van der Waals surface area contributed by atoms with E-state index in [1.165, 1.54) is 89.9 Å². The van der Waals surface area contributed by atoms with Gasteiger partial charge in [-0.05, 0) is 77.0 Å². The Kier molecular flexibility index (Phi) is 38.7. The average molecular weight is 815 g/mol. The molecule has 8 nitrogen and oxygen atoms in total. The van der Waals surface area contributed by atoms with Crippen molar-refractivity contribution in [3.63, 3.8) is 0 Å². The molecule has 0 aliphatic carbocycles. The van der Waals surface area contributed by atoms with Gasteiger partial charge in [-0.15, -0.1) is 0 Å². The Morgan fingerprint density at radius 3 is 1.48 bits per heavy atom. The van der Waals surface area contributed by atoms with Crippen LogP contribution in [0.1, 0.15) is 187 Å². The summed E-state index contributed by atoms with van der Waals surface area (Å²) in [5.74, 6) is -1.53. The molecule has 0 saturated heterocycles. The van der Waals surface area contributed by atoms with Gasteiger partial charge in [0, 0.05) is 19.3 Å². The number of carbonyl (C=O) groups excluding carboxylic acids is 2. The molecule has 0 aromatic rings. The molecule has 0 aromatic carbocycles. The number of rotatable bonds is 41. The molecule has 0 bridgehead atoms. The Labute approximate surface area is 356 Å². The first-order valence-electron chi connectivity index (χ1n) is 23.3. The van der Waals surface area contributed by atoms with Crippen molar-refractivity contribution in [2.75, 3.05) is 41.0 Å². The van der Waals surface area contributed by atoms with E-state index in [-0.39, 0.29) is 42.7 Å². The summed E-state index contributed by atoms with van der Waals surface area (Å²) >= 11 is 0. The van der Waals surface area contributed by atoms with Crippen molar-refractivity contribution >= 4 is 17.9 Å². The molecular formula is C50H88NO7+. The van der Waals surface area contributed by atoms with Crippen LogP contribution in [-0.2, 0) is 28.6 Å². The molecule has 0 radical (unpaired) electrons. The minimum absolute atomic E-state index is 0.0421. The highest BCUT2D eigenvalue weighted by Crippen LogP contribution is 2.14. The van der Waals surface area contributed by atoms with Gasteiger partial charge in [0.15, 0.2) is 12.1 Å². The van der Waals surface area contributed by atoms with Gasteiger partial charge in [-0.1, -0.05) is 152 Å². The molecule has 0 amide bonds. The Bertz CT molecular complexity index is 1130. The van der Waals surface area contributed by atoms with Crippen LogP contribution >= 0.6 is 0 Å². The molecule has 58 heavy (non-hydrogen) atoms. The van der Waals surface area contributed by atoms with Gasteiger partial charge in [-0.25, -0.2) is 4.79 Å². The highest BCUT2D eigenvalue weighted by Gasteiger charge is 2.31. The number of aliphatic carboxylic acids is 1. The maximum atomic E-state index is 12.7. The lowest BCUT2D eigenvalue weighted by atomic mass is 10.1. The number of carboxylic acids is 1. The maximum Gasteiger partial charge on any atom is 0.362 e. The van der Waals surface area contributed by atoms with Crippen molar-refractivity contribution in [2.24, 2.45) is 0 Å². The number of hydrogen-bond acceptors (Lipinski definition) is 6. The Balaban J connectivity index is 4.35. The predicted molar refractivity (Wildman–Crippen MR) is 243 cm³/mol. The number of nitrogens with zero attached hydrogens (tertiary/aromatic N) is 1. The fourth-order valence-electron chi connectivity index (χ4n) is 6.55. The molecule has 0 aromatic heterocycles. The summed E-state index contributed by atoms with van der Waals surface area (Å²) in [6.45, 7) is 4.57. The SMILES string of the molecule is CC/C=C\C/C=C\C/C=C\C/C=C\CCCCC(=O)OC(COCCC(C(=O)O)[N+](C)(C)C)COC(=O)CCCCCCCCCCC/C=C\CCCCCCCC. The zero-order valence-electron chi connectivity index (χ0n) is 38.0. The van der Waals surface area contributed by atoms with Gasteiger partial charge in [-0.3, -0.25) is 9.59 Å². The summed E-state index contributed by atoms with van der Waals surface area (Å²) in [5.41, 5.74) is 0. The van der Waals surface area contributed by atoms with E-state index in [1.54, 1.807) is 0 Å². The summed E-state index contributed by atoms with van der Waals surface area (Å²) in [7, 11) is 5.51. The van der Waals surface area contributed by atoms with Gasteiger partial charge in [-0.2, -0.15) is 0 Å². The van der Waals surface area contributed by atoms with Crippen LogP contribution in [-0.4, -0.2) is 80.6 Å². The first kappa shape index (κ1) is 55.0. The number of hydrogen-bond donors (Lipinski definition) is 1. The molecule has 1 N–H and O–H groups in total. The lowest BCUT2D eigenvalue weighted by molar-refractivity contribution is -0.887. The van der Waals surface area contributed by atoms with Crippen LogP contribution in [0.5, 0.6) is 0 Å². The summed E-state index contributed by atoms with van der Waals surface area (Å²) in [4.78, 5) is 37.0. The monoisotopic (exact) mass is 815 g/mol. The molecule has 8 heteroatoms. The number of unbranched alkanes of at least 4 members (excludes halogenated alkanes) is 17. The molecule has 0 fully saturated rings. The van der Waals surface area contributed by atoms with Crippen LogP contribution in [0.25, 0.3) is 0 Å². The number of ether oxygens (including phenoxy) is 3. The van der Waals surface area contributed by atoms with Crippen molar-refractivity contribution in [1.82, 2.24) is 0 Å². The van der Waals surface area contributed by atoms with Crippen molar-refractivity contribution in [2.45, 2.75) is 199 Å². The number of quaternary nitrogens is 1. The number of carbonyl (C=O) groups is 3. The molecule has 0 rings (SSSR count). The number of allylic oxidation sites excluding steroid dienone is 10. The first-order valence-corrected chi connectivity index (χ1v) is 23.3. The van der Waals surface area contributed by atoms with E-state index in [9.17, 15) is 19.5 Å². The Hall–Kier alpha value is -2.97. The average Bonchev–Trinajstić information content (AvgIpc) is 3.18. The second-order valence-electron chi connectivity index (χ2n) is 16.6. The second kappa shape index (κ2) is 40.8. The Morgan fingerprint density at radius 1 is 0.534 bits per heavy atom. The zero-order valence-corrected chi connectivity index (χ0v) is 38.0. The Morgan fingerprint density at radius 2 is 0.966 bits per heavy atom. The van der Waals surface area contributed by atoms with E-state index in [1.807, 2.05) is 21.1 Å². The highest BCUT2D eigenvalue weighted by molar-refractivity contribution is 5.72. The van der Waals surface area contributed by atoms with E-state index >= 15 is 0 Å². The van der Waals surface area contributed by atoms with Crippen LogP contribution in [0.4, 0.5) is 0 Å². The third-order valence-electron chi connectivity index (χ3n) is 10.2. The van der Waals surface area contributed by atoms with Crippen molar-refractivity contribution < 1.29 is 38.2 Å². The van der Waals surface area contributed by atoms with Crippen LogP contribution in [0, 0.1) is 0 Å². The summed E-state index contributed by atoms with van der Waals surface area (Å²) in [6.07, 6.45) is 49.8. The molecule has 0 aliphatic heterocycles. The smallest absolute Gasteiger partial charge is 0.362 e. The minimum Gasteiger partial charge on any atom is -0.477 e. The zero-order chi connectivity index (χ0) is 42.8. The van der Waals surface area contributed by atoms with E-state index < -0.39 is 18.1 Å². The molecule has 2 atom stereocenters. The topological polar surface area (TPSA) is 99.1 Å². The summed E-state index contributed by atoms with van der Waals surface area (Å²) in [5, 5.41) is 9.63. The van der Waals surface area contributed by atoms with Crippen molar-refractivity contribution in [1.29, 1.82) is 0 Å². The molecule has 2 unspecified atom stereocenters. The fourth-order valence-corrected chi connectivity index (χ4v) is 6.55. The normalized spacial score (nSPS) is 13.5.